The fourth-order valence-electron chi connectivity index (χ4n) is 3.39. The Balaban J connectivity index is 1.65. The van der Waals surface area contributed by atoms with Crippen molar-refractivity contribution in [2.45, 2.75) is 58.2 Å². The van der Waals surface area contributed by atoms with Crippen LogP contribution in [0, 0.1) is 12.8 Å². The highest BCUT2D eigenvalue weighted by atomic mass is 16.1. The molecule has 0 saturated heterocycles. The van der Waals surface area contributed by atoms with Crippen LogP contribution in [-0.4, -0.2) is 26.4 Å². The van der Waals surface area contributed by atoms with Gasteiger partial charge in [0.2, 0.25) is 0 Å². The lowest BCUT2D eigenvalue weighted by Crippen LogP contribution is -2.36. The van der Waals surface area contributed by atoms with E-state index in [-0.39, 0.29) is 5.56 Å². The average Bonchev–Trinajstić information content (AvgIpc) is 3.38. The zero-order valence-corrected chi connectivity index (χ0v) is 13.3. The molecule has 22 heavy (non-hydrogen) atoms. The number of hydrogen-bond acceptors (Lipinski definition) is 3. The van der Waals surface area contributed by atoms with Crippen LogP contribution in [0.25, 0.3) is 5.65 Å². The van der Waals surface area contributed by atoms with Crippen LogP contribution in [0.2, 0.25) is 0 Å². The summed E-state index contributed by atoms with van der Waals surface area (Å²) in [7, 11) is 0. The minimum atomic E-state index is 0.0264. The van der Waals surface area contributed by atoms with Gasteiger partial charge < -0.3 is 0 Å². The van der Waals surface area contributed by atoms with Gasteiger partial charge in [0.15, 0.2) is 0 Å². The summed E-state index contributed by atoms with van der Waals surface area (Å²) in [5.74, 6) is 0.852. The molecular formula is C18H23N3O. The Morgan fingerprint density at radius 3 is 2.77 bits per heavy atom. The van der Waals surface area contributed by atoms with Crippen molar-refractivity contribution in [3.63, 3.8) is 0 Å². The van der Waals surface area contributed by atoms with Gasteiger partial charge in [-0.15, -0.1) is 0 Å². The molecule has 1 atom stereocenters. The molecule has 0 bridgehead atoms. The molecule has 0 spiro atoms. The maximum absolute atomic E-state index is 12.3. The average molecular weight is 297 g/mol. The van der Waals surface area contributed by atoms with E-state index in [0.717, 1.165) is 29.4 Å². The summed E-state index contributed by atoms with van der Waals surface area (Å²) >= 11 is 0. The first-order valence-corrected chi connectivity index (χ1v) is 8.36. The number of aromatic nitrogens is 2. The number of aryl methyl sites for hydroxylation is 1. The number of nitrogens with zero attached hydrogens (tertiary/aromatic N) is 3. The van der Waals surface area contributed by atoms with E-state index >= 15 is 0 Å². The Morgan fingerprint density at radius 1 is 1.32 bits per heavy atom. The molecule has 0 N–H and O–H groups in total. The van der Waals surface area contributed by atoms with Crippen molar-refractivity contribution < 1.29 is 0 Å². The molecule has 0 unspecified atom stereocenters. The molecule has 2 saturated carbocycles. The molecule has 0 aromatic carbocycles. The lowest BCUT2D eigenvalue weighted by Gasteiger charge is -2.29. The van der Waals surface area contributed by atoms with Gasteiger partial charge in [-0.1, -0.05) is 6.07 Å². The first-order chi connectivity index (χ1) is 10.6. The number of fused-ring (bicyclic) bond motifs is 1. The van der Waals surface area contributed by atoms with Crippen molar-refractivity contribution in [2.75, 3.05) is 0 Å². The van der Waals surface area contributed by atoms with E-state index in [4.69, 9.17) is 4.98 Å². The van der Waals surface area contributed by atoms with E-state index in [1.807, 2.05) is 25.3 Å². The zero-order valence-electron chi connectivity index (χ0n) is 13.3. The van der Waals surface area contributed by atoms with Crippen LogP contribution in [0.1, 0.15) is 43.9 Å². The quantitative estimate of drug-likeness (QED) is 0.851. The van der Waals surface area contributed by atoms with Gasteiger partial charge in [0.25, 0.3) is 5.56 Å². The summed E-state index contributed by atoms with van der Waals surface area (Å²) in [5.41, 5.74) is 2.76. The van der Waals surface area contributed by atoms with Gasteiger partial charge in [0, 0.05) is 30.9 Å². The lowest BCUT2D eigenvalue weighted by atomic mass is 10.1. The lowest BCUT2D eigenvalue weighted by molar-refractivity contribution is 0.168. The fourth-order valence-corrected chi connectivity index (χ4v) is 3.39. The van der Waals surface area contributed by atoms with Crippen LogP contribution in [0.5, 0.6) is 0 Å². The normalized spacial score (nSPS) is 19.8. The van der Waals surface area contributed by atoms with E-state index < -0.39 is 0 Å². The van der Waals surface area contributed by atoms with Gasteiger partial charge >= 0.3 is 0 Å². The smallest absolute Gasteiger partial charge is 0.258 e. The Kier molecular flexibility index (Phi) is 3.30. The van der Waals surface area contributed by atoms with Crippen molar-refractivity contribution in [1.82, 2.24) is 14.3 Å². The monoisotopic (exact) mass is 297 g/mol. The van der Waals surface area contributed by atoms with Gasteiger partial charge in [-0.25, -0.2) is 4.98 Å². The maximum atomic E-state index is 12.3. The molecule has 2 aliphatic rings. The molecular weight excluding hydrogens is 274 g/mol. The van der Waals surface area contributed by atoms with Crippen LogP contribution in [-0.2, 0) is 6.54 Å². The first kappa shape index (κ1) is 13.9. The minimum absolute atomic E-state index is 0.0264. The van der Waals surface area contributed by atoms with Gasteiger partial charge in [-0.3, -0.25) is 14.1 Å². The van der Waals surface area contributed by atoms with Gasteiger partial charge in [0.1, 0.15) is 5.65 Å². The van der Waals surface area contributed by atoms with Crippen molar-refractivity contribution in [2.24, 2.45) is 5.92 Å². The molecule has 116 valence electrons. The Labute approximate surface area is 130 Å². The molecule has 4 nitrogen and oxygen atoms in total. The highest BCUT2D eigenvalue weighted by molar-refractivity contribution is 5.39. The van der Waals surface area contributed by atoms with E-state index in [1.54, 1.807) is 10.5 Å². The molecule has 2 aromatic rings. The van der Waals surface area contributed by atoms with E-state index in [9.17, 15) is 4.79 Å². The molecule has 2 heterocycles. The summed E-state index contributed by atoms with van der Waals surface area (Å²) in [5, 5.41) is 0. The predicted molar refractivity (Wildman–Crippen MR) is 87.0 cm³/mol. The number of rotatable bonds is 5. The van der Waals surface area contributed by atoms with Crippen LogP contribution in [0.3, 0.4) is 0 Å². The molecule has 0 radical (unpaired) electrons. The number of pyridine rings is 1. The largest absolute Gasteiger partial charge is 0.292 e. The maximum Gasteiger partial charge on any atom is 0.258 e. The standard InChI is InChI=1S/C18H23N3O/c1-12-3-8-17-19-15(9-18(22)21(17)10-12)11-20(16-6-7-16)13(2)14-4-5-14/h3,8-10,13-14,16H,4-7,11H2,1-2H3/t13-/m1/s1. The van der Waals surface area contributed by atoms with E-state index in [0.29, 0.717) is 12.1 Å². The van der Waals surface area contributed by atoms with Crippen LogP contribution in [0.4, 0.5) is 0 Å². The second-order valence-electron chi connectivity index (χ2n) is 7.00. The fraction of sp³-hybridized carbons (Fsp3) is 0.556. The van der Waals surface area contributed by atoms with Crippen LogP contribution in [0.15, 0.2) is 29.2 Å². The second kappa shape index (κ2) is 5.20. The van der Waals surface area contributed by atoms with Crippen molar-refractivity contribution >= 4 is 5.65 Å². The highest BCUT2D eigenvalue weighted by Gasteiger charge is 2.39. The first-order valence-electron chi connectivity index (χ1n) is 8.36. The summed E-state index contributed by atoms with van der Waals surface area (Å²) in [4.78, 5) is 19.6. The topological polar surface area (TPSA) is 37.6 Å². The third-order valence-electron chi connectivity index (χ3n) is 5.05. The summed E-state index contributed by atoms with van der Waals surface area (Å²) in [6.07, 6.45) is 7.17. The third-order valence-corrected chi connectivity index (χ3v) is 5.05. The molecule has 4 heteroatoms. The zero-order chi connectivity index (χ0) is 15.3. The Morgan fingerprint density at radius 2 is 2.09 bits per heavy atom. The SMILES string of the molecule is Cc1ccc2nc(CN(C3CC3)[C@H](C)C3CC3)cc(=O)n2c1. The van der Waals surface area contributed by atoms with Gasteiger partial charge in [0.05, 0.1) is 5.69 Å². The molecule has 4 rings (SSSR count). The highest BCUT2D eigenvalue weighted by Crippen LogP contribution is 2.40. The van der Waals surface area contributed by atoms with Gasteiger partial charge in [-0.05, 0) is 57.1 Å². The summed E-state index contributed by atoms with van der Waals surface area (Å²) in [6, 6.07) is 6.98. The second-order valence-corrected chi connectivity index (χ2v) is 7.00. The Hall–Kier alpha value is -1.68. The van der Waals surface area contributed by atoms with Gasteiger partial charge in [-0.2, -0.15) is 0 Å². The van der Waals surface area contributed by atoms with Crippen LogP contribution >= 0.6 is 0 Å². The number of hydrogen-bond donors (Lipinski definition) is 0. The predicted octanol–water partition coefficient (Wildman–Crippen LogP) is 2.77. The molecule has 0 amide bonds. The molecule has 2 aliphatic carbocycles. The van der Waals surface area contributed by atoms with Crippen molar-refractivity contribution in [1.29, 1.82) is 0 Å². The molecule has 2 fully saturated rings. The minimum Gasteiger partial charge on any atom is -0.292 e. The summed E-state index contributed by atoms with van der Waals surface area (Å²) in [6.45, 7) is 5.14. The third kappa shape index (κ3) is 2.68. The van der Waals surface area contributed by atoms with Crippen molar-refractivity contribution in [3.8, 4) is 0 Å². The Bertz CT molecular complexity index is 759. The van der Waals surface area contributed by atoms with Crippen LogP contribution < -0.4 is 5.56 Å². The van der Waals surface area contributed by atoms with Crippen molar-refractivity contribution in [3.05, 3.63) is 46.0 Å². The molecule has 2 aromatic heterocycles. The molecule has 0 aliphatic heterocycles. The summed E-state index contributed by atoms with van der Waals surface area (Å²) < 4.78 is 1.64. The van der Waals surface area contributed by atoms with E-state index in [2.05, 4.69) is 11.8 Å². The van der Waals surface area contributed by atoms with E-state index in [1.165, 1.54) is 25.7 Å².